The van der Waals surface area contributed by atoms with Crippen molar-refractivity contribution in [3.63, 3.8) is 0 Å². The molecule has 0 unspecified atom stereocenters. The fraction of sp³-hybridized carbons (Fsp3) is 0.778. The van der Waals surface area contributed by atoms with Gasteiger partial charge in [-0.2, -0.15) is 0 Å². The van der Waals surface area contributed by atoms with Gasteiger partial charge in [0.25, 0.3) is 0 Å². The first-order valence-corrected chi connectivity index (χ1v) is 4.30. The lowest BCUT2D eigenvalue weighted by Gasteiger charge is -2.34. The van der Waals surface area contributed by atoms with Crippen molar-refractivity contribution in [3.05, 3.63) is 6.92 Å². The first-order valence-electron chi connectivity index (χ1n) is 4.30. The third kappa shape index (κ3) is 2.91. The molecular formula is C9H16NO2. The van der Waals surface area contributed by atoms with Crippen molar-refractivity contribution in [2.24, 2.45) is 0 Å². The van der Waals surface area contributed by atoms with Crippen molar-refractivity contribution < 1.29 is 9.53 Å². The quantitative estimate of drug-likeness (QED) is 0.604. The van der Waals surface area contributed by atoms with Crippen molar-refractivity contribution in [1.82, 2.24) is 4.90 Å². The van der Waals surface area contributed by atoms with Gasteiger partial charge in [0.15, 0.2) is 0 Å². The lowest BCUT2D eigenvalue weighted by Crippen LogP contribution is -2.46. The van der Waals surface area contributed by atoms with Gasteiger partial charge in [-0.05, 0) is 13.8 Å². The van der Waals surface area contributed by atoms with Gasteiger partial charge < -0.3 is 4.74 Å². The zero-order valence-electron chi connectivity index (χ0n) is 7.75. The maximum atomic E-state index is 10.7. The number of rotatable bonds is 2. The molecule has 1 rings (SSSR count). The number of hydrogen-bond acceptors (Lipinski definition) is 3. The van der Waals surface area contributed by atoms with Gasteiger partial charge in [-0.1, -0.05) is 0 Å². The maximum absolute atomic E-state index is 10.7. The predicted molar refractivity (Wildman–Crippen MR) is 46.8 cm³/mol. The Morgan fingerprint density at radius 2 is 2.00 bits per heavy atom. The second-order valence-corrected chi connectivity index (χ2v) is 3.49. The van der Waals surface area contributed by atoms with Gasteiger partial charge in [0, 0.05) is 20.0 Å². The number of ketones is 1. The van der Waals surface area contributed by atoms with Gasteiger partial charge >= 0.3 is 0 Å². The zero-order valence-corrected chi connectivity index (χ0v) is 7.75. The lowest BCUT2D eigenvalue weighted by atomic mass is 10.2. The molecule has 0 aromatic carbocycles. The molecular weight excluding hydrogens is 154 g/mol. The molecule has 1 saturated heterocycles. The highest BCUT2D eigenvalue weighted by Gasteiger charge is 2.22. The fourth-order valence-corrected chi connectivity index (χ4v) is 1.66. The van der Waals surface area contributed by atoms with E-state index >= 15 is 0 Å². The summed E-state index contributed by atoms with van der Waals surface area (Å²) in [6.07, 6.45) is 0.459. The van der Waals surface area contributed by atoms with E-state index in [0.717, 1.165) is 13.1 Å². The van der Waals surface area contributed by atoms with Gasteiger partial charge in [-0.25, -0.2) is 0 Å². The van der Waals surface area contributed by atoms with Crippen molar-refractivity contribution in [2.75, 3.05) is 19.6 Å². The summed E-state index contributed by atoms with van der Waals surface area (Å²) in [5.41, 5.74) is 0. The lowest BCUT2D eigenvalue weighted by molar-refractivity contribution is -0.119. The molecule has 0 aromatic rings. The molecule has 1 radical (unpaired) electrons. The van der Waals surface area contributed by atoms with E-state index in [4.69, 9.17) is 4.74 Å². The summed E-state index contributed by atoms with van der Waals surface area (Å²) in [6.45, 7) is 9.54. The molecule has 0 spiro atoms. The molecule has 0 saturated carbocycles. The van der Waals surface area contributed by atoms with Gasteiger partial charge in [-0.3, -0.25) is 9.69 Å². The average Bonchev–Trinajstić information content (AvgIpc) is 1.81. The molecule has 1 heterocycles. The summed E-state index contributed by atoms with van der Waals surface area (Å²) < 4.78 is 5.52. The molecule has 0 bridgehead atoms. The van der Waals surface area contributed by atoms with Crippen LogP contribution in [0.2, 0.25) is 0 Å². The summed E-state index contributed by atoms with van der Waals surface area (Å²) in [4.78, 5) is 12.8. The Hall–Kier alpha value is -0.410. The molecule has 1 aliphatic heterocycles. The van der Waals surface area contributed by atoms with Crippen LogP contribution < -0.4 is 0 Å². The highest BCUT2D eigenvalue weighted by Crippen LogP contribution is 2.09. The Morgan fingerprint density at radius 1 is 1.50 bits per heavy atom. The topological polar surface area (TPSA) is 29.5 Å². The van der Waals surface area contributed by atoms with E-state index in [9.17, 15) is 4.79 Å². The first kappa shape index (κ1) is 9.68. The SMILES string of the molecule is [CH2]C(=O)CN1C[C@@H](C)O[C@@H](C)C1. The second-order valence-electron chi connectivity index (χ2n) is 3.49. The van der Waals surface area contributed by atoms with Crippen molar-refractivity contribution in [2.45, 2.75) is 26.1 Å². The second kappa shape index (κ2) is 4.01. The van der Waals surface area contributed by atoms with Gasteiger partial charge in [0.1, 0.15) is 5.78 Å². The number of hydrogen-bond donors (Lipinski definition) is 0. The van der Waals surface area contributed by atoms with Crippen LogP contribution in [0.25, 0.3) is 0 Å². The first-order chi connectivity index (χ1) is 5.58. The number of carbonyl (C=O) groups is 1. The average molecular weight is 170 g/mol. The Bertz CT molecular complexity index is 160. The van der Waals surface area contributed by atoms with Crippen LogP contribution in [0.3, 0.4) is 0 Å². The molecule has 0 aromatic heterocycles. The summed E-state index contributed by atoms with van der Waals surface area (Å²) in [5, 5.41) is 0. The van der Waals surface area contributed by atoms with E-state index in [1.54, 1.807) is 0 Å². The monoisotopic (exact) mass is 170 g/mol. The summed E-state index contributed by atoms with van der Waals surface area (Å²) in [5.74, 6) is -0.0173. The minimum absolute atomic E-state index is 0.0173. The molecule has 3 nitrogen and oxygen atoms in total. The largest absolute Gasteiger partial charge is 0.373 e. The van der Waals surface area contributed by atoms with E-state index in [0.29, 0.717) is 6.54 Å². The van der Waals surface area contributed by atoms with Crippen molar-refractivity contribution >= 4 is 5.78 Å². The van der Waals surface area contributed by atoms with Crippen LogP contribution in [-0.2, 0) is 9.53 Å². The highest BCUT2D eigenvalue weighted by atomic mass is 16.5. The van der Waals surface area contributed by atoms with Crippen LogP contribution in [0.4, 0.5) is 0 Å². The van der Waals surface area contributed by atoms with E-state index in [2.05, 4.69) is 11.8 Å². The molecule has 0 aliphatic carbocycles. The minimum Gasteiger partial charge on any atom is -0.373 e. The van der Waals surface area contributed by atoms with Gasteiger partial charge in [-0.15, -0.1) is 0 Å². The van der Waals surface area contributed by atoms with Crippen molar-refractivity contribution in [3.8, 4) is 0 Å². The fourth-order valence-electron chi connectivity index (χ4n) is 1.66. The van der Waals surface area contributed by atoms with Crippen LogP contribution in [0.5, 0.6) is 0 Å². The molecule has 1 aliphatic rings. The standard InChI is InChI=1S/C9H16NO2/c1-7(11)4-10-5-8(2)12-9(3)6-10/h8-9H,1,4-6H2,2-3H3/t8-,9+. The van der Waals surface area contributed by atoms with Crippen LogP contribution in [-0.4, -0.2) is 42.5 Å². The van der Waals surface area contributed by atoms with E-state index in [1.165, 1.54) is 0 Å². The number of nitrogens with zero attached hydrogens (tertiary/aromatic N) is 1. The molecule has 12 heavy (non-hydrogen) atoms. The number of ether oxygens (including phenoxy) is 1. The molecule has 0 amide bonds. The molecule has 69 valence electrons. The smallest absolute Gasteiger partial charge is 0.147 e. The molecule has 3 heteroatoms. The van der Waals surface area contributed by atoms with Crippen LogP contribution in [0.15, 0.2) is 0 Å². The third-order valence-corrected chi connectivity index (χ3v) is 1.90. The minimum atomic E-state index is -0.0173. The predicted octanol–water partition coefficient (Wildman–Crippen LogP) is 0.499. The summed E-state index contributed by atoms with van der Waals surface area (Å²) >= 11 is 0. The number of Topliss-reactive ketones (excluding diaryl/α,β-unsaturated/α-hetero) is 1. The molecule has 0 N–H and O–H groups in total. The molecule has 2 atom stereocenters. The van der Waals surface area contributed by atoms with E-state index < -0.39 is 0 Å². The van der Waals surface area contributed by atoms with Crippen LogP contribution in [0, 0.1) is 6.92 Å². The highest BCUT2D eigenvalue weighted by molar-refractivity contribution is 5.84. The normalized spacial score (nSPS) is 31.9. The van der Waals surface area contributed by atoms with E-state index in [1.807, 2.05) is 13.8 Å². The maximum Gasteiger partial charge on any atom is 0.147 e. The Labute approximate surface area is 73.7 Å². The van der Waals surface area contributed by atoms with E-state index in [-0.39, 0.29) is 18.0 Å². The van der Waals surface area contributed by atoms with Crippen molar-refractivity contribution in [1.29, 1.82) is 0 Å². The summed E-state index contributed by atoms with van der Waals surface area (Å²) in [6, 6.07) is 0. The van der Waals surface area contributed by atoms with Gasteiger partial charge in [0.2, 0.25) is 0 Å². The van der Waals surface area contributed by atoms with Crippen LogP contribution >= 0.6 is 0 Å². The zero-order chi connectivity index (χ0) is 9.14. The number of carbonyl (C=O) groups excluding carboxylic acids is 1. The van der Waals surface area contributed by atoms with Gasteiger partial charge in [0.05, 0.1) is 18.8 Å². The van der Waals surface area contributed by atoms with Crippen LogP contribution in [0.1, 0.15) is 13.8 Å². The Morgan fingerprint density at radius 3 is 2.42 bits per heavy atom. The number of morpholine rings is 1. The summed E-state index contributed by atoms with van der Waals surface area (Å²) in [7, 11) is 0. The Balaban J connectivity index is 2.38. The Kier molecular flexibility index (Phi) is 3.23. The third-order valence-electron chi connectivity index (χ3n) is 1.90. The molecule has 1 fully saturated rings.